The van der Waals surface area contributed by atoms with Gasteiger partial charge in [0.15, 0.2) is 0 Å². The van der Waals surface area contributed by atoms with E-state index in [-0.39, 0.29) is 17.2 Å². The van der Waals surface area contributed by atoms with Gasteiger partial charge in [0.1, 0.15) is 0 Å². The lowest BCUT2D eigenvalue weighted by Crippen LogP contribution is -2.30. The molecule has 0 unspecified atom stereocenters. The average Bonchev–Trinajstić information content (AvgIpc) is 2.65. The number of nitrogens with one attached hydrogen (secondary N) is 2. The SMILES string of the molecule is CC(=O)NCCCCCC(=O)NS(=O)(=O)c1ccc(C2CCCCC2)cc1. The molecule has 150 valence electrons. The Morgan fingerprint density at radius 2 is 1.67 bits per heavy atom. The summed E-state index contributed by atoms with van der Waals surface area (Å²) in [7, 11) is -3.82. The van der Waals surface area contributed by atoms with Crippen LogP contribution in [-0.4, -0.2) is 26.8 Å². The van der Waals surface area contributed by atoms with Crippen LogP contribution >= 0.6 is 0 Å². The van der Waals surface area contributed by atoms with Gasteiger partial charge in [-0.25, -0.2) is 13.1 Å². The molecule has 1 aromatic carbocycles. The molecule has 0 heterocycles. The summed E-state index contributed by atoms with van der Waals surface area (Å²) in [5.41, 5.74) is 1.18. The first kappa shape index (κ1) is 21.4. The Hall–Kier alpha value is -1.89. The van der Waals surface area contributed by atoms with E-state index in [9.17, 15) is 18.0 Å². The Morgan fingerprint density at radius 3 is 2.30 bits per heavy atom. The number of carbonyl (C=O) groups is 2. The largest absolute Gasteiger partial charge is 0.356 e. The third-order valence-electron chi connectivity index (χ3n) is 4.97. The van der Waals surface area contributed by atoms with Crippen molar-refractivity contribution in [3.05, 3.63) is 29.8 Å². The van der Waals surface area contributed by atoms with Crippen LogP contribution in [0.25, 0.3) is 0 Å². The van der Waals surface area contributed by atoms with Crippen LogP contribution in [0.1, 0.15) is 76.2 Å². The molecule has 0 aromatic heterocycles. The Bertz CT molecular complexity index is 723. The lowest BCUT2D eigenvalue weighted by atomic mass is 9.84. The molecule has 1 aromatic rings. The van der Waals surface area contributed by atoms with Gasteiger partial charge in [0.05, 0.1) is 4.90 Å². The number of benzene rings is 1. The van der Waals surface area contributed by atoms with Crippen molar-refractivity contribution in [1.29, 1.82) is 0 Å². The number of unbranched alkanes of at least 4 members (excludes halogenated alkanes) is 2. The highest BCUT2D eigenvalue weighted by Crippen LogP contribution is 2.32. The highest BCUT2D eigenvalue weighted by molar-refractivity contribution is 7.90. The first-order valence-electron chi connectivity index (χ1n) is 9.78. The van der Waals surface area contributed by atoms with Crippen LogP contribution in [0, 0.1) is 0 Å². The second-order valence-electron chi connectivity index (χ2n) is 7.23. The van der Waals surface area contributed by atoms with Crippen LogP contribution in [0.5, 0.6) is 0 Å². The predicted octanol–water partition coefficient (Wildman–Crippen LogP) is 3.24. The third-order valence-corrected chi connectivity index (χ3v) is 6.36. The van der Waals surface area contributed by atoms with E-state index in [4.69, 9.17) is 0 Å². The molecule has 6 nitrogen and oxygen atoms in total. The van der Waals surface area contributed by atoms with Gasteiger partial charge in [0, 0.05) is 19.9 Å². The first-order valence-corrected chi connectivity index (χ1v) is 11.3. The minimum atomic E-state index is -3.82. The summed E-state index contributed by atoms with van der Waals surface area (Å²) >= 11 is 0. The monoisotopic (exact) mass is 394 g/mol. The van der Waals surface area contributed by atoms with Gasteiger partial charge >= 0.3 is 0 Å². The van der Waals surface area contributed by atoms with Crippen molar-refractivity contribution in [2.75, 3.05) is 6.54 Å². The topological polar surface area (TPSA) is 92.3 Å². The summed E-state index contributed by atoms with van der Waals surface area (Å²) in [4.78, 5) is 22.8. The number of hydrogen-bond donors (Lipinski definition) is 2. The Balaban J connectivity index is 1.79. The van der Waals surface area contributed by atoms with E-state index in [1.54, 1.807) is 12.1 Å². The van der Waals surface area contributed by atoms with Gasteiger partial charge in [-0.2, -0.15) is 0 Å². The summed E-state index contributed by atoms with van der Waals surface area (Å²) in [5, 5.41) is 2.69. The fraction of sp³-hybridized carbons (Fsp3) is 0.600. The summed E-state index contributed by atoms with van der Waals surface area (Å²) < 4.78 is 26.9. The molecule has 2 amide bonds. The van der Waals surface area contributed by atoms with Crippen LogP contribution < -0.4 is 10.0 Å². The molecule has 1 fully saturated rings. The van der Waals surface area contributed by atoms with Gasteiger partial charge in [0.2, 0.25) is 11.8 Å². The Labute approximate surface area is 162 Å². The van der Waals surface area contributed by atoms with Crippen LogP contribution in [-0.2, 0) is 19.6 Å². The number of amides is 2. The highest BCUT2D eigenvalue weighted by Gasteiger charge is 2.19. The number of carbonyl (C=O) groups excluding carboxylic acids is 2. The lowest BCUT2D eigenvalue weighted by Gasteiger charge is -2.22. The van der Waals surface area contributed by atoms with E-state index in [2.05, 4.69) is 10.0 Å². The second-order valence-corrected chi connectivity index (χ2v) is 8.91. The van der Waals surface area contributed by atoms with E-state index in [1.165, 1.54) is 31.7 Å². The van der Waals surface area contributed by atoms with Gasteiger partial charge in [-0.05, 0) is 49.3 Å². The summed E-state index contributed by atoms with van der Waals surface area (Å²) in [6, 6.07) is 6.92. The second kappa shape index (κ2) is 10.4. The third kappa shape index (κ3) is 7.33. The minimum absolute atomic E-state index is 0.0756. The van der Waals surface area contributed by atoms with Crippen molar-refractivity contribution in [2.45, 2.75) is 75.5 Å². The van der Waals surface area contributed by atoms with Crippen LogP contribution in [0.4, 0.5) is 0 Å². The zero-order valence-electron chi connectivity index (χ0n) is 16.0. The van der Waals surface area contributed by atoms with E-state index in [1.807, 2.05) is 12.1 Å². The smallest absolute Gasteiger partial charge is 0.264 e. The number of sulfonamides is 1. The fourth-order valence-corrected chi connectivity index (χ4v) is 4.48. The molecule has 1 saturated carbocycles. The fourth-order valence-electron chi connectivity index (χ4n) is 3.47. The molecule has 27 heavy (non-hydrogen) atoms. The maximum Gasteiger partial charge on any atom is 0.264 e. The molecule has 0 bridgehead atoms. The summed E-state index contributed by atoms with van der Waals surface area (Å²) in [5.74, 6) is -0.0539. The Kier molecular flexibility index (Phi) is 8.28. The van der Waals surface area contributed by atoms with Crippen molar-refractivity contribution >= 4 is 21.8 Å². The Morgan fingerprint density at radius 1 is 1.00 bits per heavy atom. The molecule has 1 aliphatic carbocycles. The predicted molar refractivity (Wildman–Crippen MR) is 105 cm³/mol. The van der Waals surface area contributed by atoms with Crippen molar-refractivity contribution in [1.82, 2.24) is 10.0 Å². The van der Waals surface area contributed by atoms with Gasteiger partial charge in [-0.15, -0.1) is 0 Å². The summed E-state index contributed by atoms with van der Waals surface area (Å²) in [6.07, 6.45) is 8.31. The molecule has 0 saturated heterocycles. The van der Waals surface area contributed by atoms with E-state index < -0.39 is 15.9 Å². The molecule has 2 N–H and O–H groups in total. The van der Waals surface area contributed by atoms with Crippen molar-refractivity contribution < 1.29 is 18.0 Å². The van der Waals surface area contributed by atoms with Gasteiger partial charge in [-0.3, -0.25) is 9.59 Å². The number of rotatable bonds is 9. The van der Waals surface area contributed by atoms with Gasteiger partial charge in [0.25, 0.3) is 10.0 Å². The standard InChI is InChI=1S/C20H30N2O4S/c1-16(23)21-15-7-3-6-10-20(24)22-27(25,26)19-13-11-18(12-14-19)17-8-4-2-5-9-17/h11-14,17H,2-10,15H2,1H3,(H,21,23)(H,22,24). The molecule has 0 spiro atoms. The van der Waals surface area contributed by atoms with Crippen LogP contribution in [0.3, 0.4) is 0 Å². The summed E-state index contributed by atoms with van der Waals surface area (Å²) in [6.45, 7) is 2.03. The van der Waals surface area contributed by atoms with Crippen molar-refractivity contribution in [3.8, 4) is 0 Å². The lowest BCUT2D eigenvalue weighted by molar-refractivity contribution is -0.120. The molecular weight excluding hydrogens is 364 g/mol. The zero-order valence-corrected chi connectivity index (χ0v) is 16.8. The highest BCUT2D eigenvalue weighted by atomic mass is 32.2. The maximum absolute atomic E-state index is 12.4. The van der Waals surface area contributed by atoms with Crippen molar-refractivity contribution in [3.63, 3.8) is 0 Å². The molecule has 2 rings (SSSR count). The van der Waals surface area contributed by atoms with Crippen LogP contribution in [0.15, 0.2) is 29.2 Å². The van der Waals surface area contributed by atoms with Crippen molar-refractivity contribution in [2.24, 2.45) is 0 Å². The molecule has 0 radical (unpaired) electrons. The molecular formula is C20H30N2O4S. The normalized spacial score (nSPS) is 15.3. The van der Waals surface area contributed by atoms with Gasteiger partial charge < -0.3 is 5.32 Å². The first-order chi connectivity index (χ1) is 12.9. The molecule has 0 aliphatic heterocycles. The van der Waals surface area contributed by atoms with E-state index >= 15 is 0 Å². The van der Waals surface area contributed by atoms with E-state index in [0.29, 0.717) is 18.9 Å². The molecule has 0 atom stereocenters. The zero-order chi connectivity index (χ0) is 19.7. The minimum Gasteiger partial charge on any atom is -0.356 e. The number of hydrogen-bond acceptors (Lipinski definition) is 4. The van der Waals surface area contributed by atoms with Gasteiger partial charge in [-0.1, -0.05) is 37.8 Å². The molecule has 1 aliphatic rings. The quantitative estimate of drug-likeness (QED) is 0.629. The maximum atomic E-state index is 12.4. The average molecular weight is 395 g/mol. The van der Waals surface area contributed by atoms with E-state index in [0.717, 1.165) is 25.7 Å². The molecule has 7 heteroatoms. The van der Waals surface area contributed by atoms with Crippen LogP contribution in [0.2, 0.25) is 0 Å².